The van der Waals surface area contributed by atoms with Crippen molar-refractivity contribution >= 4 is 5.97 Å². The molecule has 1 rings (SSSR count). The van der Waals surface area contributed by atoms with Gasteiger partial charge in [-0.25, -0.2) is 0 Å². The molecule has 0 aromatic carbocycles. The Kier molecular flexibility index (Phi) is 4.33. The molecule has 2 atom stereocenters. The smallest absolute Gasteiger partial charge is 0.321 e. The molecule has 0 amide bonds. The minimum atomic E-state index is -0.708. The number of carbonyl (C=O) groups is 1. The molecular weight excluding hydrogens is 206 g/mol. The van der Waals surface area contributed by atoms with E-state index in [-0.39, 0.29) is 17.6 Å². The number of ether oxygens (including phenoxy) is 1. The van der Waals surface area contributed by atoms with Gasteiger partial charge in [0.25, 0.3) is 0 Å². The lowest BCUT2D eigenvalue weighted by molar-refractivity contribution is -0.143. The molecule has 1 saturated heterocycles. The van der Waals surface area contributed by atoms with E-state index in [1.165, 1.54) is 0 Å². The number of carboxylic acids is 1. The molecule has 4 nitrogen and oxygen atoms in total. The van der Waals surface area contributed by atoms with Gasteiger partial charge in [-0.1, -0.05) is 6.92 Å². The van der Waals surface area contributed by atoms with Crippen LogP contribution >= 0.6 is 0 Å². The van der Waals surface area contributed by atoms with Crippen LogP contribution in [-0.2, 0) is 9.53 Å². The van der Waals surface area contributed by atoms with Crippen LogP contribution < -0.4 is 0 Å². The summed E-state index contributed by atoms with van der Waals surface area (Å²) >= 11 is 0. The second kappa shape index (κ2) is 5.15. The Labute approximate surface area is 97.6 Å². The monoisotopic (exact) mass is 229 g/mol. The number of hydrogen-bond donors (Lipinski definition) is 1. The first-order chi connectivity index (χ1) is 7.31. The molecule has 0 spiro atoms. The van der Waals surface area contributed by atoms with Crippen LogP contribution in [0.25, 0.3) is 0 Å². The standard InChI is InChI=1S/C12H23NO3/c1-9-5-6-13(10(9)11(14)15)7-8-16-12(2,3)4/h9-10H,5-8H2,1-4H3,(H,14,15). The molecule has 2 unspecified atom stereocenters. The van der Waals surface area contributed by atoms with Gasteiger partial charge in [0, 0.05) is 6.54 Å². The van der Waals surface area contributed by atoms with E-state index < -0.39 is 5.97 Å². The van der Waals surface area contributed by atoms with Crippen LogP contribution in [-0.4, -0.2) is 47.3 Å². The second-order valence-corrected chi connectivity index (χ2v) is 5.55. The first-order valence-electron chi connectivity index (χ1n) is 5.92. The lowest BCUT2D eigenvalue weighted by Gasteiger charge is -2.25. The van der Waals surface area contributed by atoms with Gasteiger partial charge in [-0.05, 0) is 39.7 Å². The van der Waals surface area contributed by atoms with Crippen molar-refractivity contribution in [2.45, 2.75) is 45.8 Å². The SMILES string of the molecule is CC1CCN(CCOC(C)(C)C)C1C(=O)O. The van der Waals surface area contributed by atoms with E-state index in [1.807, 2.05) is 32.6 Å². The second-order valence-electron chi connectivity index (χ2n) is 5.55. The van der Waals surface area contributed by atoms with Gasteiger partial charge in [0.2, 0.25) is 0 Å². The molecule has 1 fully saturated rings. The fourth-order valence-corrected chi connectivity index (χ4v) is 2.15. The van der Waals surface area contributed by atoms with Crippen LogP contribution in [0.2, 0.25) is 0 Å². The number of nitrogens with zero attached hydrogens (tertiary/aromatic N) is 1. The molecule has 16 heavy (non-hydrogen) atoms. The average Bonchev–Trinajstić information content (AvgIpc) is 2.44. The molecule has 0 bridgehead atoms. The molecule has 4 heteroatoms. The summed E-state index contributed by atoms with van der Waals surface area (Å²) in [5, 5.41) is 9.13. The Morgan fingerprint density at radius 2 is 2.12 bits per heavy atom. The Hall–Kier alpha value is -0.610. The van der Waals surface area contributed by atoms with Crippen molar-refractivity contribution < 1.29 is 14.6 Å². The largest absolute Gasteiger partial charge is 0.480 e. The van der Waals surface area contributed by atoms with Gasteiger partial charge in [-0.2, -0.15) is 0 Å². The Morgan fingerprint density at radius 1 is 1.50 bits per heavy atom. The number of hydrogen-bond acceptors (Lipinski definition) is 3. The molecule has 1 aliphatic heterocycles. The molecular formula is C12H23NO3. The summed E-state index contributed by atoms with van der Waals surface area (Å²) in [4.78, 5) is 13.1. The van der Waals surface area contributed by atoms with Crippen LogP contribution in [0.1, 0.15) is 34.1 Å². The summed E-state index contributed by atoms with van der Waals surface area (Å²) < 4.78 is 5.62. The highest BCUT2D eigenvalue weighted by Crippen LogP contribution is 2.23. The number of likely N-dealkylation sites (tertiary alicyclic amines) is 1. The molecule has 1 aliphatic rings. The van der Waals surface area contributed by atoms with Crippen molar-refractivity contribution in [2.75, 3.05) is 19.7 Å². The van der Waals surface area contributed by atoms with Crippen molar-refractivity contribution in [3.63, 3.8) is 0 Å². The zero-order valence-electron chi connectivity index (χ0n) is 10.7. The van der Waals surface area contributed by atoms with Crippen LogP contribution in [0.3, 0.4) is 0 Å². The summed E-state index contributed by atoms with van der Waals surface area (Å²) in [6.07, 6.45) is 0.965. The van der Waals surface area contributed by atoms with Gasteiger partial charge >= 0.3 is 5.97 Å². The quantitative estimate of drug-likeness (QED) is 0.795. The van der Waals surface area contributed by atoms with Gasteiger partial charge in [-0.3, -0.25) is 9.69 Å². The predicted octanol–water partition coefficient (Wildman–Crippen LogP) is 1.60. The zero-order chi connectivity index (χ0) is 12.3. The van der Waals surface area contributed by atoms with Crippen molar-refractivity contribution in [1.29, 1.82) is 0 Å². The highest BCUT2D eigenvalue weighted by molar-refractivity contribution is 5.74. The fourth-order valence-electron chi connectivity index (χ4n) is 2.15. The zero-order valence-corrected chi connectivity index (χ0v) is 10.7. The summed E-state index contributed by atoms with van der Waals surface area (Å²) in [5.74, 6) is -0.465. The Morgan fingerprint density at radius 3 is 2.62 bits per heavy atom. The van der Waals surface area contributed by atoms with Crippen LogP contribution in [0.5, 0.6) is 0 Å². The molecule has 1 N–H and O–H groups in total. The third-order valence-electron chi connectivity index (χ3n) is 2.97. The van der Waals surface area contributed by atoms with E-state index >= 15 is 0 Å². The van der Waals surface area contributed by atoms with Gasteiger partial charge in [0.15, 0.2) is 0 Å². The highest BCUT2D eigenvalue weighted by Gasteiger charge is 2.36. The molecule has 0 saturated carbocycles. The van der Waals surface area contributed by atoms with E-state index in [9.17, 15) is 4.79 Å². The topological polar surface area (TPSA) is 49.8 Å². The minimum Gasteiger partial charge on any atom is -0.480 e. The van der Waals surface area contributed by atoms with Crippen LogP contribution in [0.4, 0.5) is 0 Å². The van der Waals surface area contributed by atoms with Crippen molar-refractivity contribution in [3.05, 3.63) is 0 Å². The summed E-state index contributed by atoms with van der Waals surface area (Å²) in [7, 11) is 0. The lowest BCUT2D eigenvalue weighted by atomic mass is 10.0. The normalized spacial score (nSPS) is 27.2. The van der Waals surface area contributed by atoms with E-state index in [0.29, 0.717) is 13.2 Å². The molecule has 0 aromatic heterocycles. The maximum absolute atomic E-state index is 11.1. The predicted molar refractivity (Wildman–Crippen MR) is 62.5 cm³/mol. The molecule has 0 aromatic rings. The van der Waals surface area contributed by atoms with Crippen LogP contribution in [0, 0.1) is 5.92 Å². The summed E-state index contributed by atoms with van der Waals surface area (Å²) in [5.41, 5.74) is -0.149. The molecule has 0 aliphatic carbocycles. The Balaban J connectivity index is 2.39. The molecule has 94 valence electrons. The maximum Gasteiger partial charge on any atom is 0.321 e. The van der Waals surface area contributed by atoms with Gasteiger partial charge in [-0.15, -0.1) is 0 Å². The van der Waals surface area contributed by atoms with Gasteiger partial charge < -0.3 is 9.84 Å². The van der Waals surface area contributed by atoms with Crippen LogP contribution in [0.15, 0.2) is 0 Å². The molecule has 0 radical (unpaired) electrons. The van der Waals surface area contributed by atoms with E-state index in [4.69, 9.17) is 9.84 Å². The minimum absolute atomic E-state index is 0.149. The maximum atomic E-state index is 11.1. The lowest BCUT2D eigenvalue weighted by Crippen LogP contribution is -2.41. The van der Waals surface area contributed by atoms with Crippen molar-refractivity contribution in [3.8, 4) is 0 Å². The highest BCUT2D eigenvalue weighted by atomic mass is 16.5. The average molecular weight is 229 g/mol. The molecule has 1 heterocycles. The summed E-state index contributed by atoms with van der Waals surface area (Å²) in [6, 6.07) is -0.330. The number of rotatable bonds is 4. The van der Waals surface area contributed by atoms with E-state index in [2.05, 4.69) is 0 Å². The number of carboxylic acid groups (broad SMARTS) is 1. The van der Waals surface area contributed by atoms with Gasteiger partial charge in [0.1, 0.15) is 6.04 Å². The van der Waals surface area contributed by atoms with E-state index in [1.54, 1.807) is 0 Å². The first kappa shape index (κ1) is 13.5. The van der Waals surface area contributed by atoms with Gasteiger partial charge in [0.05, 0.1) is 12.2 Å². The summed E-state index contributed by atoms with van der Waals surface area (Å²) in [6.45, 7) is 10.2. The third kappa shape index (κ3) is 3.76. The first-order valence-corrected chi connectivity index (χ1v) is 5.92. The fraction of sp³-hybridized carbons (Fsp3) is 0.917. The van der Waals surface area contributed by atoms with Crippen molar-refractivity contribution in [1.82, 2.24) is 4.90 Å². The number of aliphatic carboxylic acids is 1. The Bertz CT molecular complexity index is 247. The third-order valence-corrected chi connectivity index (χ3v) is 2.97. The van der Waals surface area contributed by atoms with Crippen molar-refractivity contribution in [2.24, 2.45) is 5.92 Å². The van der Waals surface area contributed by atoms with E-state index in [0.717, 1.165) is 13.0 Å².